The van der Waals surface area contributed by atoms with E-state index in [1.54, 1.807) is 24.3 Å². The summed E-state index contributed by atoms with van der Waals surface area (Å²) < 4.78 is 0. The van der Waals surface area contributed by atoms with Gasteiger partial charge in [-0.15, -0.1) is 5.10 Å². The number of nitrogens with zero attached hydrogens (tertiary/aromatic N) is 5. The van der Waals surface area contributed by atoms with Gasteiger partial charge in [-0.25, -0.2) is 0 Å². The van der Waals surface area contributed by atoms with E-state index in [0.29, 0.717) is 5.02 Å². The van der Waals surface area contributed by atoms with E-state index >= 15 is 0 Å². The van der Waals surface area contributed by atoms with Crippen molar-refractivity contribution in [2.24, 2.45) is 10.3 Å². The molecule has 0 bridgehead atoms. The molecule has 0 saturated carbocycles. The lowest BCUT2D eigenvalue weighted by Gasteiger charge is -1.96. The number of aromatic amines is 1. The van der Waals surface area contributed by atoms with E-state index in [-0.39, 0.29) is 5.95 Å². The normalized spacial score (nSPS) is 10.7. The highest BCUT2D eigenvalue weighted by molar-refractivity contribution is 6.30. The lowest BCUT2D eigenvalue weighted by molar-refractivity contribution is 0.881. The molecule has 8 heteroatoms. The molecule has 76 valence electrons. The van der Waals surface area contributed by atoms with Crippen molar-refractivity contribution in [3.8, 4) is 0 Å². The molecule has 0 aliphatic rings. The average molecular weight is 224 g/mol. The summed E-state index contributed by atoms with van der Waals surface area (Å²) in [4.78, 5) is 0. The maximum absolute atomic E-state index is 5.71. The van der Waals surface area contributed by atoms with Crippen LogP contribution in [0.1, 0.15) is 0 Å². The van der Waals surface area contributed by atoms with Crippen LogP contribution in [0.15, 0.2) is 34.6 Å². The van der Waals surface area contributed by atoms with Gasteiger partial charge < -0.3 is 0 Å². The van der Waals surface area contributed by atoms with E-state index in [1.165, 1.54) is 0 Å². The second kappa shape index (κ2) is 4.47. The fourth-order valence-electron chi connectivity index (χ4n) is 0.851. The molecular weight excluding hydrogens is 218 g/mol. The van der Waals surface area contributed by atoms with E-state index in [0.717, 1.165) is 5.69 Å². The van der Waals surface area contributed by atoms with E-state index in [9.17, 15) is 0 Å². The Morgan fingerprint density at radius 2 is 2.07 bits per heavy atom. The van der Waals surface area contributed by atoms with Crippen molar-refractivity contribution < 1.29 is 0 Å². The Hall–Kier alpha value is -2.02. The molecule has 1 heterocycles. The lowest BCUT2D eigenvalue weighted by atomic mass is 10.3. The Bertz CT molecular complexity index is 435. The summed E-state index contributed by atoms with van der Waals surface area (Å²) in [6.45, 7) is 0. The summed E-state index contributed by atoms with van der Waals surface area (Å²) in [5.41, 5.74) is 3.46. The van der Waals surface area contributed by atoms with E-state index in [2.05, 4.69) is 36.4 Å². The predicted molar refractivity (Wildman–Crippen MR) is 53.8 cm³/mol. The summed E-state index contributed by atoms with van der Waals surface area (Å²) >= 11 is 5.71. The second-order valence-electron chi connectivity index (χ2n) is 2.53. The van der Waals surface area contributed by atoms with Gasteiger partial charge in [0, 0.05) is 5.02 Å². The number of H-pyrrole nitrogens is 1. The zero-order valence-corrected chi connectivity index (χ0v) is 8.18. The molecule has 7 nitrogen and oxygen atoms in total. The molecule has 0 unspecified atom stereocenters. The number of tetrazole rings is 1. The van der Waals surface area contributed by atoms with Crippen molar-refractivity contribution in [2.75, 3.05) is 5.43 Å². The van der Waals surface area contributed by atoms with Crippen LogP contribution in [-0.2, 0) is 0 Å². The van der Waals surface area contributed by atoms with Crippen LogP contribution in [0.2, 0.25) is 5.02 Å². The molecular formula is C7H6ClN7. The van der Waals surface area contributed by atoms with Crippen molar-refractivity contribution in [3.63, 3.8) is 0 Å². The average Bonchev–Trinajstić information content (AvgIpc) is 2.74. The molecule has 15 heavy (non-hydrogen) atoms. The van der Waals surface area contributed by atoms with Gasteiger partial charge in [-0.05, 0) is 29.5 Å². The smallest absolute Gasteiger partial charge is 0.260 e. The van der Waals surface area contributed by atoms with E-state index < -0.39 is 0 Å². The molecule has 2 rings (SSSR count). The number of anilines is 1. The first-order valence-corrected chi connectivity index (χ1v) is 4.38. The van der Waals surface area contributed by atoms with Gasteiger partial charge in [-0.1, -0.05) is 27.0 Å². The molecule has 0 radical (unpaired) electrons. The molecule has 2 aromatic rings. The topological polar surface area (TPSA) is 91.2 Å². The van der Waals surface area contributed by atoms with Gasteiger partial charge >= 0.3 is 5.95 Å². The third kappa shape index (κ3) is 2.71. The SMILES string of the molecule is Clc1ccc(N/N=N/c2nn[nH]n2)cc1. The number of rotatable bonds is 3. The maximum atomic E-state index is 5.71. The molecule has 0 saturated heterocycles. The second-order valence-corrected chi connectivity index (χ2v) is 2.97. The molecule has 0 amide bonds. The van der Waals surface area contributed by atoms with Crippen LogP contribution in [0.3, 0.4) is 0 Å². The van der Waals surface area contributed by atoms with Crippen molar-refractivity contribution >= 4 is 23.2 Å². The molecule has 1 aromatic carbocycles. The van der Waals surface area contributed by atoms with Crippen molar-refractivity contribution in [3.05, 3.63) is 29.3 Å². The van der Waals surface area contributed by atoms with Crippen molar-refractivity contribution in [1.82, 2.24) is 20.6 Å². The highest BCUT2D eigenvalue weighted by Crippen LogP contribution is 2.13. The van der Waals surface area contributed by atoms with Crippen LogP contribution in [0, 0.1) is 0 Å². The third-order valence-corrected chi connectivity index (χ3v) is 1.75. The van der Waals surface area contributed by atoms with Crippen LogP contribution in [0.5, 0.6) is 0 Å². The van der Waals surface area contributed by atoms with Gasteiger partial charge in [-0.2, -0.15) is 5.21 Å². The van der Waals surface area contributed by atoms with E-state index in [4.69, 9.17) is 11.6 Å². The number of benzene rings is 1. The first kappa shape index (κ1) is 9.53. The zero-order valence-electron chi connectivity index (χ0n) is 7.42. The maximum Gasteiger partial charge on any atom is 0.309 e. The molecule has 1 aromatic heterocycles. The first-order chi connectivity index (χ1) is 7.34. The fourth-order valence-corrected chi connectivity index (χ4v) is 0.977. The number of halogens is 1. The molecule has 0 aliphatic carbocycles. The Morgan fingerprint density at radius 1 is 1.27 bits per heavy atom. The molecule has 2 N–H and O–H groups in total. The van der Waals surface area contributed by atoms with Gasteiger partial charge in [0.15, 0.2) is 0 Å². The number of hydrogen-bond acceptors (Lipinski definition) is 5. The largest absolute Gasteiger partial charge is 0.309 e. The van der Waals surface area contributed by atoms with Gasteiger partial charge in [0.2, 0.25) is 0 Å². The van der Waals surface area contributed by atoms with E-state index in [1.807, 2.05) is 0 Å². The number of aromatic nitrogens is 4. The minimum Gasteiger partial charge on any atom is -0.260 e. The lowest BCUT2D eigenvalue weighted by Crippen LogP contribution is -1.85. The third-order valence-electron chi connectivity index (χ3n) is 1.50. The fraction of sp³-hybridized carbons (Fsp3) is 0. The van der Waals surface area contributed by atoms with Crippen LogP contribution >= 0.6 is 11.6 Å². The summed E-state index contributed by atoms with van der Waals surface area (Å²) in [6, 6.07) is 7.04. The van der Waals surface area contributed by atoms with Crippen molar-refractivity contribution in [2.45, 2.75) is 0 Å². The highest BCUT2D eigenvalue weighted by Gasteiger charge is 1.92. The van der Waals surface area contributed by atoms with Crippen LogP contribution in [-0.4, -0.2) is 20.6 Å². The Labute approximate surface area is 89.5 Å². The Balaban J connectivity index is 1.96. The molecule has 0 fully saturated rings. The van der Waals surface area contributed by atoms with Gasteiger partial charge in [-0.3, -0.25) is 5.43 Å². The molecule has 0 spiro atoms. The van der Waals surface area contributed by atoms with Crippen LogP contribution in [0.4, 0.5) is 11.6 Å². The van der Waals surface area contributed by atoms with Gasteiger partial charge in [0.1, 0.15) is 0 Å². The number of hydrogen-bond donors (Lipinski definition) is 2. The predicted octanol–water partition coefficient (Wildman–Crippen LogP) is 1.96. The van der Waals surface area contributed by atoms with Crippen LogP contribution < -0.4 is 5.43 Å². The molecule has 0 aliphatic heterocycles. The standard InChI is InChI=1S/C7H6ClN7/c8-5-1-3-6(4-2-5)9-13-10-7-11-14-15-12-7/h1-4H,(H2,9,10,11,12,14,15). The first-order valence-electron chi connectivity index (χ1n) is 4.00. The molecule has 0 atom stereocenters. The minimum absolute atomic E-state index is 0.163. The summed E-state index contributed by atoms with van der Waals surface area (Å²) in [7, 11) is 0. The van der Waals surface area contributed by atoms with Gasteiger partial charge in [0.05, 0.1) is 5.69 Å². The Kier molecular flexibility index (Phi) is 2.84. The van der Waals surface area contributed by atoms with Crippen molar-refractivity contribution in [1.29, 1.82) is 0 Å². The number of nitrogens with one attached hydrogen (secondary N) is 2. The highest BCUT2D eigenvalue weighted by atomic mass is 35.5. The summed E-state index contributed by atoms with van der Waals surface area (Å²) in [5, 5.41) is 20.7. The zero-order chi connectivity index (χ0) is 10.5. The van der Waals surface area contributed by atoms with Gasteiger partial charge in [0.25, 0.3) is 0 Å². The Morgan fingerprint density at radius 3 is 2.73 bits per heavy atom. The van der Waals surface area contributed by atoms with Crippen LogP contribution in [0.25, 0.3) is 0 Å². The summed E-state index contributed by atoms with van der Waals surface area (Å²) in [5.74, 6) is 0.163. The monoisotopic (exact) mass is 223 g/mol. The quantitative estimate of drug-likeness (QED) is 0.615. The summed E-state index contributed by atoms with van der Waals surface area (Å²) in [6.07, 6.45) is 0. The minimum atomic E-state index is 0.163.